The summed E-state index contributed by atoms with van der Waals surface area (Å²) in [5.74, 6) is 1.33. The Kier molecular flexibility index (Phi) is 5.86. The second-order valence-electron chi connectivity index (χ2n) is 5.19. The molecule has 2 aromatic rings. The Morgan fingerprint density at radius 1 is 1.00 bits per heavy atom. The van der Waals surface area contributed by atoms with Crippen molar-refractivity contribution in [1.82, 2.24) is 10.2 Å². The van der Waals surface area contributed by atoms with Crippen LogP contribution in [0, 0.1) is 0 Å². The van der Waals surface area contributed by atoms with Gasteiger partial charge in [0.25, 0.3) is 0 Å². The lowest BCUT2D eigenvalue weighted by Gasteiger charge is -2.19. The van der Waals surface area contributed by atoms with Crippen molar-refractivity contribution in [1.29, 1.82) is 0 Å². The Balaban J connectivity index is 1.93. The fourth-order valence-electron chi connectivity index (χ4n) is 2.23. The maximum atomic E-state index is 12.2. The third-order valence-corrected chi connectivity index (χ3v) is 3.50. The van der Waals surface area contributed by atoms with Crippen LogP contribution in [0.15, 0.2) is 48.5 Å². The number of benzene rings is 2. The Bertz CT molecular complexity index is 644. The topological polar surface area (TPSA) is 50.8 Å². The Morgan fingerprint density at radius 2 is 1.70 bits per heavy atom. The molecule has 122 valence electrons. The first-order valence-electron chi connectivity index (χ1n) is 7.38. The largest absolute Gasteiger partial charge is 0.493 e. The molecule has 23 heavy (non-hydrogen) atoms. The molecular formula is C18H22N2O3. The molecule has 0 fully saturated rings. The Hall–Kier alpha value is -2.69. The van der Waals surface area contributed by atoms with E-state index >= 15 is 0 Å². The summed E-state index contributed by atoms with van der Waals surface area (Å²) >= 11 is 0. The van der Waals surface area contributed by atoms with Crippen LogP contribution in [0.25, 0.3) is 0 Å². The minimum absolute atomic E-state index is 0.122. The monoisotopic (exact) mass is 314 g/mol. The van der Waals surface area contributed by atoms with Gasteiger partial charge in [0.1, 0.15) is 0 Å². The van der Waals surface area contributed by atoms with Crippen LogP contribution >= 0.6 is 0 Å². The van der Waals surface area contributed by atoms with Crippen LogP contribution in [0.5, 0.6) is 11.5 Å². The average molecular weight is 314 g/mol. The fraction of sp³-hybridized carbons (Fsp3) is 0.278. The first-order chi connectivity index (χ1) is 11.1. The zero-order valence-corrected chi connectivity index (χ0v) is 13.7. The van der Waals surface area contributed by atoms with Gasteiger partial charge < -0.3 is 19.7 Å². The highest BCUT2D eigenvalue weighted by atomic mass is 16.5. The predicted molar refractivity (Wildman–Crippen MR) is 89.7 cm³/mol. The van der Waals surface area contributed by atoms with E-state index in [1.807, 2.05) is 48.5 Å². The van der Waals surface area contributed by atoms with Crippen LogP contribution < -0.4 is 14.8 Å². The number of ether oxygens (including phenoxy) is 2. The van der Waals surface area contributed by atoms with E-state index in [0.717, 1.165) is 11.1 Å². The number of hydrogen-bond donors (Lipinski definition) is 1. The highest BCUT2D eigenvalue weighted by Crippen LogP contribution is 2.27. The summed E-state index contributed by atoms with van der Waals surface area (Å²) in [7, 11) is 4.95. The van der Waals surface area contributed by atoms with Gasteiger partial charge in [-0.15, -0.1) is 0 Å². The van der Waals surface area contributed by atoms with Crippen molar-refractivity contribution >= 4 is 6.03 Å². The second-order valence-corrected chi connectivity index (χ2v) is 5.19. The quantitative estimate of drug-likeness (QED) is 0.891. The number of urea groups is 1. The third kappa shape index (κ3) is 4.64. The molecule has 0 heterocycles. The second kappa shape index (κ2) is 8.08. The van der Waals surface area contributed by atoms with E-state index in [0.29, 0.717) is 24.6 Å². The van der Waals surface area contributed by atoms with E-state index in [9.17, 15) is 4.79 Å². The zero-order chi connectivity index (χ0) is 16.7. The molecule has 0 saturated heterocycles. The maximum absolute atomic E-state index is 12.2. The van der Waals surface area contributed by atoms with Crippen LogP contribution in [-0.2, 0) is 13.1 Å². The van der Waals surface area contributed by atoms with E-state index in [2.05, 4.69) is 5.32 Å². The number of rotatable bonds is 6. The molecule has 5 nitrogen and oxygen atoms in total. The van der Waals surface area contributed by atoms with Crippen molar-refractivity contribution in [2.75, 3.05) is 21.3 Å². The number of amides is 2. The fourth-order valence-corrected chi connectivity index (χ4v) is 2.23. The molecule has 5 heteroatoms. The first kappa shape index (κ1) is 16.7. The smallest absolute Gasteiger partial charge is 0.317 e. The van der Waals surface area contributed by atoms with Crippen LogP contribution in [0.3, 0.4) is 0 Å². The van der Waals surface area contributed by atoms with Crippen molar-refractivity contribution in [2.24, 2.45) is 0 Å². The molecule has 0 atom stereocenters. The van der Waals surface area contributed by atoms with Crippen molar-refractivity contribution in [3.05, 3.63) is 59.7 Å². The number of carbonyl (C=O) groups is 1. The van der Waals surface area contributed by atoms with Gasteiger partial charge in [0.05, 0.1) is 14.2 Å². The molecule has 2 amide bonds. The molecule has 0 radical (unpaired) electrons. The normalized spacial score (nSPS) is 10.0. The molecule has 0 aliphatic carbocycles. The van der Waals surface area contributed by atoms with Crippen LogP contribution in [0.1, 0.15) is 11.1 Å². The van der Waals surface area contributed by atoms with Gasteiger partial charge in [0.2, 0.25) is 0 Å². The summed E-state index contributed by atoms with van der Waals surface area (Å²) in [5, 5.41) is 2.90. The molecular weight excluding hydrogens is 292 g/mol. The Labute approximate surface area is 136 Å². The van der Waals surface area contributed by atoms with Crippen LogP contribution in [0.2, 0.25) is 0 Å². The van der Waals surface area contributed by atoms with E-state index < -0.39 is 0 Å². The SMILES string of the molecule is COc1ccc(CN(C)C(=O)NCc2ccccc2)cc1OC. The minimum atomic E-state index is -0.122. The lowest BCUT2D eigenvalue weighted by Crippen LogP contribution is -2.36. The van der Waals surface area contributed by atoms with Crippen molar-refractivity contribution in [3.63, 3.8) is 0 Å². The summed E-state index contributed by atoms with van der Waals surface area (Å²) in [5.41, 5.74) is 2.04. The summed E-state index contributed by atoms with van der Waals surface area (Å²) in [6.45, 7) is 0.997. The number of methoxy groups -OCH3 is 2. The molecule has 0 aromatic heterocycles. The number of nitrogens with zero attached hydrogens (tertiary/aromatic N) is 1. The van der Waals surface area contributed by atoms with Crippen molar-refractivity contribution in [3.8, 4) is 11.5 Å². The van der Waals surface area contributed by atoms with Gasteiger partial charge in [-0.1, -0.05) is 36.4 Å². The van der Waals surface area contributed by atoms with Gasteiger partial charge in [0, 0.05) is 20.1 Å². The molecule has 0 aliphatic heterocycles. The highest BCUT2D eigenvalue weighted by molar-refractivity contribution is 5.73. The van der Waals surface area contributed by atoms with E-state index in [4.69, 9.17) is 9.47 Å². The number of carbonyl (C=O) groups excluding carboxylic acids is 1. The van der Waals surface area contributed by atoms with Gasteiger partial charge in [-0.25, -0.2) is 4.79 Å². The lowest BCUT2D eigenvalue weighted by molar-refractivity contribution is 0.206. The molecule has 1 N–H and O–H groups in total. The molecule has 0 spiro atoms. The van der Waals surface area contributed by atoms with Gasteiger partial charge in [-0.05, 0) is 23.3 Å². The first-order valence-corrected chi connectivity index (χ1v) is 7.38. The van der Waals surface area contributed by atoms with Crippen LogP contribution in [0.4, 0.5) is 4.79 Å². The molecule has 2 aromatic carbocycles. The molecule has 0 saturated carbocycles. The third-order valence-electron chi connectivity index (χ3n) is 3.50. The molecule has 2 rings (SSSR count). The van der Waals surface area contributed by atoms with E-state index in [-0.39, 0.29) is 6.03 Å². The zero-order valence-electron chi connectivity index (χ0n) is 13.7. The Morgan fingerprint density at radius 3 is 2.35 bits per heavy atom. The number of hydrogen-bond acceptors (Lipinski definition) is 3. The lowest BCUT2D eigenvalue weighted by atomic mass is 10.2. The van der Waals surface area contributed by atoms with Gasteiger partial charge in [0.15, 0.2) is 11.5 Å². The van der Waals surface area contributed by atoms with E-state index in [1.165, 1.54) is 0 Å². The highest BCUT2D eigenvalue weighted by Gasteiger charge is 2.11. The van der Waals surface area contributed by atoms with Crippen molar-refractivity contribution < 1.29 is 14.3 Å². The summed E-state index contributed by atoms with van der Waals surface area (Å²) in [6, 6.07) is 15.3. The molecule has 0 bridgehead atoms. The molecule has 0 unspecified atom stereocenters. The van der Waals surface area contributed by atoms with Gasteiger partial charge in [-0.3, -0.25) is 0 Å². The van der Waals surface area contributed by atoms with Crippen LogP contribution in [-0.4, -0.2) is 32.2 Å². The standard InChI is InChI=1S/C18H22N2O3/c1-20(18(21)19-12-14-7-5-4-6-8-14)13-15-9-10-16(22-2)17(11-15)23-3/h4-11H,12-13H2,1-3H3,(H,19,21). The van der Waals surface area contributed by atoms with E-state index in [1.54, 1.807) is 26.2 Å². The summed E-state index contributed by atoms with van der Waals surface area (Å²) in [6.07, 6.45) is 0. The number of nitrogens with one attached hydrogen (secondary N) is 1. The minimum Gasteiger partial charge on any atom is -0.493 e. The summed E-state index contributed by atoms with van der Waals surface area (Å²) < 4.78 is 10.5. The predicted octanol–water partition coefficient (Wildman–Crippen LogP) is 3.05. The summed E-state index contributed by atoms with van der Waals surface area (Å²) in [4.78, 5) is 13.8. The van der Waals surface area contributed by atoms with Gasteiger partial charge >= 0.3 is 6.03 Å². The van der Waals surface area contributed by atoms with Gasteiger partial charge in [-0.2, -0.15) is 0 Å². The maximum Gasteiger partial charge on any atom is 0.317 e. The molecule has 0 aliphatic rings. The van der Waals surface area contributed by atoms with Crippen molar-refractivity contribution in [2.45, 2.75) is 13.1 Å². The average Bonchev–Trinajstić information content (AvgIpc) is 2.60.